The fourth-order valence-electron chi connectivity index (χ4n) is 8.06. The summed E-state index contributed by atoms with van der Waals surface area (Å²) in [5.74, 6) is 0.966. The van der Waals surface area contributed by atoms with E-state index in [1.165, 1.54) is 60.7 Å². The normalized spacial score (nSPS) is 19.1. The van der Waals surface area contributed by atoms with Crippen LogP contribution in [0, 0.1) is 0 Å². The number of nitrogens with one attached hydrogen (secondary N) is 3. The van der Waals surface area contributed by atoms with Gasteiger partial charge in [0.05, 0.1) is 29.5 Å². The maximum Gasteiger partial charge on any atom is 0.141 e. The van der Waals surface area contributed by atoms with Crippen molar-refractivity contribution in [2.45, 2.75) is 31.3 Å². The number of para-hydroxylation sites is 3. The van der Waals surface area contributed by atoms with Gasteiger partial charge in [-0.15, -0.1) is 0 Å². The Morgan fingerprint density at radius 1 is 0.520 bits per heavy atom. The highest BCUT2D eigenvalue weighted by Gasteiger charge is 2.32. The van der Waals surface area contributed by atoms with Crippen LogP contribution >= 0.6 is 0 Å². The third kappa shape index (κ3) is 4.90. The van der Waals surface area contributed by atoms with Crippen LogP contribution in [0.5, 0.6) is 0 Å². The minimum absolute atomic E-state index is 0.0400. The number of aromatic nitrogens is 1. The van der Waals surface area contributed by atoms with Crippen molar-refractivity contribution in [1.82, 2.24) is 20.5 Å². The number of rotatable bonds is 5. The average Bonchev–Trinajstić information content (AvgIpc) is 3.74. The minimum Gasteiger partial charge on any atom is -0.456 e. The molecule has 3 heterocycles. The SMILES string of the molecule is C1=C(c2ccc3c(c2)c2ccccc2n3-c2ccccc2)CCc2c1oc1c(C3NC(c4ccccc4)NC(c4ccccc4)N3)cccc21. The summed E-state index contributed by atoms with van der Waals surface area (Å²) in [4.78, 5) is 0. The lowest BCUT2D eigenvalue weighted by molar-refractivity contribution is 0.203. The number of hydrogen-bond donors (Lipinski definition) is 3. The van der Waals surface area contributed by atoms with Crippen LogP contribution in [0.4, 0.5) is 0 Å². The summed E-state index contributed by atoms with van der Waals surface area (Å²) < 4.78 is 9.22. The Morgan fingerprint density at radius 3 is 1.88 bits per heavy atom. The average molecular weight is 649 g/mol. The van der Waals surface area contributed by atoms with Gasteiger partial charge in [0.25, 0.3) is 0 Å². The van der Waals surface area contributed by atoms with Gasteiger partial charge in [0.1, 0.15) is 11.3 Å². The van der Waals surface area contributed by atoms with E-state index in [-0.39, 0.29) is 18.5 Å². The lowest BCUT2D eigenvalue weighted by Gasteiger charge is -2.39. The van der Waals surface area contributed by atoms with Gasteiger partial charge in [-0.05, 0) is 71.5 Å². The molecular weight excluding hydrogens is 613 g/mol. The number of allylic oxidation sites excluding steroid dienone is 1. The standard InChI is InChI=1S/C45H36N4O/c1-4-13-29(14-5-1)43-46-44(30-15-6-2-7-16-30)48-45(47-43)37-21-12-20-36-35-25-23-32(28-41(35)50-42(36)37)31-24-26-40-38(27-31)34-19-10-11-22-39(34)49(40)33-17-8-3-9-18-33/h1-22,24,26-28,43-48H,23,25H2. The van der Waals surface area contributed by atoms with Gasteiger partial charge in [0, 0.05) is 33.0 Å². The van der Waals surface area contributed by atoms with Crippen molar-refractivity contribution >= 4 is 44.4 Å². The third-order valence-corrected chi connectivity index (χ3v) is 10.5. The van der Waals surface area contributed by atoms with Crippen molar-refractivity contribution in [3.05, 3.63) is 185 Å². The van der Waals surface area contributed by atoms with Gasteiger partial charge < -0.3 is 8.98 Å². The van der Waals surface area contributed by atoms with Gasteiger partial charge in [0.15, 0.2) is 0 Å². The lowest BCUT2D eigenvalue weighted by Crippen LogP contribution is -2.54. The fourth-order valence-corrected chi connectivity index (χ4v) is 8.06. The number of hydrogen-bond acceptors (Lipinski definition) is 4. The molecule has 2 aromatic heterocycles. The van der Waals surface area contributed by atoms with Gasteiger partial charge in [-0.2, -0.15) is 0 Å². The van der Waals surface area contributed by atoms with E-state index in [4.69, 9.17) is 4.42 Å². The van der Waals surface area contributed by atoms with Crippen LogP contribution < -0.4 is 16.0 Å². The summed E-state index contributed by atoms with van der Waals surface area (Å²) in [6.45, 7) is 0. The predicted octanol–water partition coefficient (Wildman–Crippen LogP) is 10.2. The van der Waals surface area contributed by atoms with Crippen LogP contribution in [0.1, 0.15) is 58.5 Å². The van der Waals surface area contributed by atoms with E-state index in [2.05, 4.69) is 178 Å². The van der Waals surface area contributed by atoms with Crippen molar-refractivity contribution in [1.29, 1.82) is 0 Å². The highest BCUT2D eigenvalue weighted by Crippen LogP contribution is 2.41. The van der Waals surface area contributed by atoms with E-state index in [0.29, 0.717) is 0 Å². The van der Waals surface area contributed by atoms with E-state index >= 15 is 0 Å². The summed E-state index contributed by atoms with van der Waals surface area (Å²) in [6.07, 6.45) is 3.97. The molecule has 1 fully saturated rings. The van der Waals surface area contributed by atoms with Crippen molar-refractivity contribution in [3.63, 3.8) is 0 Å². The summed E-state index contributed by atoms with van der Waals surface area (Å²) in [5.41, 5.74) is 11.9. The first-order valence-corrected chi connectivity index (χ1v) is 17.5. The summed E-state index contributed by atoms with van der Waals surface area (Å²) in [7, 11) is 0. The predicted molar refractivity (Wildman–Crippen MR) is 204 cm³/mol. The Balaban J connectivity index is 1.04. The van der Waals surface area contributed by atoms with E-state index in [1.54, 1.807) is 0 Å². The molecule has 1 saturated heterocycles. The van der Waals surface area contributed by atoms with Crippen molar-refractivity contribution in [2.24, 2.45) is 0 Å². The number of nitrogens with zero attached hydrogens (tertiary/aromatic N) is 1. The highest BCUT2D eigenvalue weighted by molar-refractivity contribution is 6.10. The molecule has 0 saturated carbocycles. The summed E-state index contributed by atoms with van der Waals surface area (Å²) in [5, 5.41) is 15.2. The van der Waals surface area contributed by atoms with Crippen molar-refractivity contribution in [2.75, 3.05) is 0 Å². The molecule has 0 spiro atoms. The third-order valence-electron chi connectivity index (χ3n) is 10.5. The molecule has 1 aliphatic carbocycles. The Kier molecular flexibility index (Phi) is 7.01. The molecule has 50 heavy (non-hydrogen) atoms. The summed E-state index contributed by atoms with van der Waals surface area (Å²) in [6, 6.07) is 54.1. The lowest BCUT2D eigenvalue weighted by atomic mass is 9.90. The molecule has 6 aromatic carbocycles. The number of aryl methyl sites for hydroxylation is 1. The Morgan fingerprint density at radius 2 is 1.14 bits per heavy atom. The van der Waals surface area contributed by atoms with Gasteiger partial charge in [-0.1, -0.05) is 121 Å². The van der Waals surface area contributed by atoms with Gasteiger partial charge in [-0.25, -0.2) is 0 Å². The van der Waals surface area contributed by atoms with E-state index in [9.17, 15) is 0 Å². The van der Waals surface area contributed by atoms with Crippen molar-refractivity contribution < 1.29 is 4.42 Å². The molecule has 2 unspecified atom stereocenters. The van der Waals surface area contributed by atoms with Crippen LogP contribution in [0.15, 0.2) is 156 Å². The molecule has 8 aromatic rings. The molecule has 2 aliphatic rings. The van der Waals surface area contributed by atoms with Crippen LogP contribution in [0.2, 0.25) is 0 Å². The number of benzene rings is 6. The monoisotopic (exact) mass is 648 g/mol. The Labute approximate surface area is 290 Å². The van der Waals surface area contributed by atoms with E-state index < -0.39 is 0 Å². The second kappa shape index (κ2) is 12.0. The highest BCUT2D eigenvalue weighted by atomic mass is 16.3. The zero-order valence-electron chi connectivity index (χ0n) is 27.5. The molecule has 0 amide bonds. The molecule has 5 heteroatoms. The van der Waals surface area contributed by atoms with Crippen LogP contribution in [0.3, 0.4) is 0 Å². The second-order valence-electron chi connectivity index (χ2n) is 13.4. The number of fused-ring (bicyclic) bond motifs is 6. The first-order valence-electron chi connectivity index (χ1n) is 17.5. The van der Waals surface area contributed by atoms with Crippen LogP contribution in [-0.4, -0.2) is 4.57 Å². The quantitative estimate of drug-likeness (QED) is 0.174. The largest absolute Gasteiger partial charge is 0.456 e. The molecular formula is C45H36N4O. The first-order chi connectivity index (χ1) is 24.8. The minimum atomic E-state index is -0.129. The fraction of sp³-hybridized carbons (Fsp3) is 0.111. The molecule has 0 radical (unpaired) electrons. The maximum absolute atomic E-state index is 6.85. The first kappa shape index (κ1) is 29.2. The topological polar surface area (TPSA) is 54.2 Å². The molecule has 10 rings (SSSR count). The van der Waals surface area contributed by atoms with Crippen LogP contribution in [0.25, 0.3) is 50.1 Å². The van der Waals surface area contributed by atoms with E-state index in [0.717, 1.165) is 29.7 Å². The molecule has 1 aliphatic heterocycles. The molecule has 0 bridgehead atoms. The number of furan rings is 1. The van der Waals surface area contributed by atoms with Crippen molar-refractivity contribution in [3.8, 4) is 5.69 Å². The van der Waals surface area contributed by atoms with Gasteiger partial charge in [0.2, 0.25) is 0 Å². The molecule has 3 N–H and O–H groups in total. The summed E-state index contributed by atoms with van der Waals surface area (Å²) >= 11 is 0. The van der Waals surface area contributed by atoms with Crippen LogP contribution in [-0.2, 0) is 6.42 Å². The Hall–Kier alpha value is -5.72. The van der Waals surface area contributed by atoms with E-state index in [1.807, 2.05) is 0 Å². The smallest absolute Gasteiger partial charge is 0.141 e. The molecule has 5 nitrogen and oxygen atoms in total. The van der Waals surface area contributed by atoms with Gasteiger partial charge >= 0.3 is 0 Å². The zero-order chi connectivity index (χ0) is 33.0. The van der Waals surface area contributed by atoms with Gasteiger partial charge in [-0.3, -0.25) is 16.0 Å². The maximum atomic E-state index is 6.85. The Bertz CT molecular complexity index is 2480. The molecule has 2 atom stereocenters. The second-order valence-corrected chi connectivity index (χ2v) is 13.4. The molecule has 242 valence electrons. The zero-order valence-corrected chi connectivity index (χ0v) is 27.5.